The molecule has 0 aliphatic heterocycles. The second-order valence-corrected chi connectivity index (χ2v) is 7.23. The number of nitrogens with one attached hydrogen (secondary N) is 1. The minimum atomic E-state index is -2.95. The number of anilines is 1. The normalized spacial score (nSPS) is 15.7. The number of nitrogens with zero attached hydrogens (tertiary/aromatic N) is 2. The summed E-state index contributed by atoms with van der Waals surface area (Å²) in [6.07, 6.45) is 2.20. The Hall–Kier alpha value is -0.880. The largest absolute Gasteiger partial charge is 0.369 e. The van der Waals surface area contributed by atoms with Gasteiger partial charge in [-0.1, -0.05) is 18.5 Å². The maximum atomic E-state index is 11.3. The zero-order valence-electron chi connectivity index (χ0n) is 10.2. The molecule has 1 aliphatic rings. The van der Waals surface area contributed by atoms with Crippen LogP contribution in [0.1, 0.15) is 31.5 Å². The maximum Gasteiger partial charge on any atom is 0.151 e. The Morgan fingerprint density at radius 3 is 2.78 bits per heavy atom. The highest BCUT2D eigenvalue weighted by molar-refractivity contribution is 7.91. The molecule has 0 saturated heterocycles. The van der Waals surface area contributed by atoms with Crippen LogP contribution < -0.4 is 5.32 Å². The summed E-state index contributed by atoms with van der Waals surface area (Å²) in [5, 5.41) is 3.38. The number of halogens is 1. The lowest BCUT2D eigenvalue weighted by Crippen LogP contribution is -2.18. The Balaban J connectivity index is 1.97. The summed E-state index contributed by atoms with van der Waals surface area (Å²) in [5.41, 5.74) is 0. The molecule has 0 aromatic carbocycles. The lowest BCUT2D eigenvalue weighted by molar-refractivity contribution is 0.597. The van der Waals surface area contributed by atoms with Gasteiger partial charge < -0.3 is 5.32 Å². The summed E-state index contributed by atoms with van der Waals surface area (Å²) >= 11 is 5.91. The SMILES string of the molecule is CCS(=O)(=O)CCNc1cc(Cl)nc(C2CC2)n1. The molecule has 1 N–H and O–H groups in total. The smallest absolute Gasteiger partial charge is 0.151 e. The van der Waals surface area contributed by atoms with Gasteiger partial charge in [0.15, 0.2) is 9.84 Å². The number of hydrogen-bond donors (Lipinski definition) is 1. The van der Waals surface area contributed by atoms with Crippen molar-refractivity contribution in [2.75, 3.05) is 23.4 Å². The average Bonchev–Trinajstić information content (AvgIpc) is 3.12. The summed E-state index contributed by atoms with van der Waals surface area (Å²) in [6.45, 7) is 1.98. The summed E-state index contributed by atoms with van der Waals surface area (Å²) in [5.74, 6) is 2.03. The molecule has 0 unspecified atom stereocenters. The molecule has 2 rings (SSSR count). The maximum absolute atomic E-state index is 11.3. The van der Waals surface area contributed by atoms with Crippen molar-refractivity contribution in [1.82, 2.24) is 9.97 Å². The summed E-state index contributed by atoms with van der Waals surface area (Å²) in [7, 11) is -2.95. The van der Waals surface area contributed by atoms with E-state index in [0.29, 0.717) is 23.4 Å². The van der Waals surface area contributed by atoms with Crippen LogP contribution in [0.2, 0.25) is 5.15 Å². The lowest BCUT2D eigenvalue weighted by Gasteiger charge is -2.07. The van der Waals surface area contributed by atoms with Gasteiger partial charge in [-0.2, -0.15) is 0 Å². The van der Waals surface area contributed by atoms with Crippen molar-refractivity contribution in [2.45, 2.75) is 25.7 Å². The van der Waals surface area contributed by atoms with Crippen LogP contribution >= 0.6 is 11.6 Å². The Bertz CT molecular complexity index is 529. The molecule has 1 aliphatic carbocycles. The van der Waals surface area contributed by atoms with Crippen LogP contribution in [0.15, 0.2) is 6.07 Å². The molecule has 1 heterocycles. The lowest BCUT2D eigenvalue weighted by atomic mass is 10.4. The summed E-state index contributed by atoms with van der Waals surface area (Å²) in [6, 6.07) is 1.62. The van der Waals surface area contributed by atoms with Crippen LogP contribution in [0.5, 0.6) is 0 Å². The highest BCUT2D eigenvalue weighted by atomic mass is 35.5. The van der Waals surface area contributed by atoms with Crippen LogP contribution in [0.4, 0.5) is 5.82 Å². The van der Waals surface area contributed by atoms with E-state index < -0.39 is 9.84 Å². The van der Waals surface area contributed by atoms with Gasteiger partial charge in [0, 0.05) is 24.3 Å². The molecular weight excluding hydrogens is 274 g/mol. The van der Waals surface area contributed by atoms with E-state index in [9.17, 15) is 8.42 Å². The Labute approximate surface area is 112 Å². The number of sulfone groups is 1. The standard InChI is InChI=1S/C11H16ClN3O2S/c1-2-18(16,17)6-5-13-10-7-9(12)14-11(15-10)8-3-4-8/h7-8H,2-6H2,1H3,(H,13,14,15). The predicted octanol–water partition coefficient (Wildman–Crippen LogP) is 1.85. The van der Waals surface area contributed by atoms with Crippen molar-refractivity contribution in [3.8, 4) is 0 Å². The fraction of sp³-hybridized carbons (Fsp3) is 0.636. The van der Waals surface area contributed by atoms with Crippen LogP contribution in [0.25, 0.3) is 0 Å². The Morgan fingerprint density at radius 2 is 2.17 bits per heavy atom. The average molecular weight is 290 g/mol. The first-order chi connectivity index (χ1) is 8.50. The van der Waals surface area contributed by atoms with Crippen molar-refractivity contribution in [1.29, 1.82) is 0 Å². The van der Waals surface area contributed by atoms with Crippen molar-refractivity contribution >= 4 is 27.3 Å². The van der Waals surface area contributed by atoms with Crippen LogP contribution in [0.3, 0.4) is 0 Å². The molecule has 1 aromatic heterocycles. The molecule has 1 fully saturated rings. The second kappa shape index (κ2) is 5.40. The van der Waals surface area contributed by atoms with Gasteiger partial charge in [-0.25, -0.2) is 18.4 Å². The summed E-state index contributed by atoms with van der Waals surface area (Å²) in [4.78, 5) is 8.50. The molecule has 5 nitrogen and oxygen atoms in total. The highest BCUT2D eigenvalue weighted by Gasteiger charge is 2.27. The van der Waals surface area contributed by atoms with Gasteiger partial charge in [-0.3, -0.25) is 0 Å². The number of rotatable bonds is 6. The molecule has 0 atom stereocenters. The molecule has 100 valence electrons. The predicted molar refractivity (Wildman–Crippen MR) is 71.8 cm³/mol. The fourth-order valence-electron chi connectivity index (χ4n) is 1.53. The van der Waals surface area contributed by atoms with E-state index in [2.05, 4.69) is 15.3 Å². The molecule has 0 spiro atoms. The molecule has 1 saturated carbocycles. The van der Waals surface area contributed by atoms with Crippen LogP contribution in [-0.2, 0) is 9.84 Å². The van der Waals surface area contributed by atoms with Crippen molar-refractivity contribution in [3.63, 3.8) is 0 Å². The van der Waals surface area contributed by atoms with E-state index in [0.717, 1.165) is 18.7 Å². The third-order valence-corrected chi connectivity index (χ3v) is 4.71. The van der Waals surface area contributed by atoms with E-state index in [1.54, 1.807) is 13.0 Å². The Morgan fingerprint density at radius 1 is 1.44 bits per heavy atom. The highest BCUT2D eigenvalue weighted by Crippen LogP contribution is 2.38. The Kier molecular flexibility index (Phi) is 4.07. The molecule has 0 bridgehead atoms. The third kappa shape index (κ3) is 3.81. The molecule has 18 heavy (non-hydrogen) atoms. The zero-order chi connectivity index (χ0) is 13.2. The second-order valence-electron chi connectivity index (χ2n) is 4.37. The molecular formula is C11H16ClN3O2S. The van der Waals surface area contributed by atoms with E-state index in [-0.39, 0.29) is 11.5 Å². The molecule has 0 radical (unpaired) electrons. The van der Waals surface area contributed by atoms with Crippen LogP contribution in [-0.4, -0.2) is 36.4 Å². The molecule has 1 aromatic rings. The number of hydrogen-bond acceptors (Lipinski definition) is 5. The van der Waals surface area contributed by atoms with E-state index in [4.69, 9.17) is 11.6 Å². The van der Waals surface area contributed by atoms with Gasteiger partial charge in [0.1, 0.15) is 16.8 Å². The third-order valence-electron chi connectivity index (χ3n) is 2.81. The van der Waals surface area contributed by atoms with Gasteiger partial charge in [0.05, 0.1) is 5.75 Å². The minimum absolute atomic E-state index is 0.101. The quantitative estimate of drug-likeness (QED) is 0.809. The van der Waals surface area contributed by atoms with E-state index in [1.807, 2.05) is 0 Å². The van der Waals surface area contributed by atoms with Gasteiger partial charge >= 0.3 is 0 Å². The van der Waals surface area contributed by atoms with Gasteiger partial charge in [-0.15, -0.1) is 0 Å². The first-order valence-corrected chi connectivity index (χ1v) is 8.19. The van der Waals surface area contributed by atoms with Gasteiger partial charge in [0.2, 0.25) is 0 Å². The number of aromatic nitrogens is 2. The first-order valence-electron chi connectivity index (χ1n) is 5.99. The minimum Gasteiger partial charge on any atom is -0.369 e. The molecule has 7 heteroatoms. The van der Waals surface area contributed by atoms with Gasteiger partial charge in [-0.05, 0) is 12.8 Å². The van der Waals surface area contributed by atoms with E-state index in [1.165, 1.54) is 0 Å². The summed E-state index contributed by atoms with van der Waals surface area (Å²) < 4.78 is 22.7. The van der Waals surface area contributed by atoms with Gasteiger partial charge in [0.25, 0.3) is 0 Å². The fourth-order valence-corrected chi connectivity index (χ4v) is 2.42. The van der Waals surface area contributed by atoms with Crippen molar-refractivity contribution in [3.05, 3.63) is 17.0 Å². The topological polar surface area (TPSA) is 72.0 Å². The zero-order valence-corrected chi connectivity index (χ0v) is 11.8. The van der Waals surface area contributed by atoms with Crippen molar-refractivity contribution in [2.24, 2.45) is 0 Å². The van der Waals surface area contributed by atoms with Crippen molar-refractivity contribution < 1.29 is 8.42 Å². The van der Waals surface area contributed by atoms with E-state index >= 15 is 0 Å². The first kappa shape index (κ1) is 13.5. The monoisotopic (exact) mass is 289 g/mol. The van der Waals surface area contributed by atoms with Crippen LogP contribution in [0, 0.1) is 0 Å². The molecule has 0 amide bonds.